The van der Waals surface area contributed by atoms with Crippen LogP contribution in [0.4, 0.5) is 14.5 Å². The van der Waals surface area contributed by atoms with Gasteiger partial charge in [0.2, 0.25) is 15.7 Å². The fourth-order valence-corrected chi connectivity index (χ4v) is 4.09. The molecular formula is C17H19F2N3O3S. The molecule has 2 aromatic rings. The Kier molecular flexibility index (Phi) is 5.38. The molecule has 140 valence electrons. The van der Waals surface area contributed by atoms with Crippen molar-refractivity contribution in [2.75, 3.05) is 18.4 Å². The van der Waals surface area contributed by atoms with E-state index in [1.54, 1.807) is 0 Å². The van der Waals surface area contributed by atoms with Crippen molar-refractivity contribution in [3.8, 4) is 0 Å². The average Bonchev–Trinajstić information content (AvgIpc) is 3.26. The Morgan fingerprint density at radius 1 is 1.27 bits per heavy atom. The summed E-state index contributed by atoms with van der Waals surface area (Å²) >= 11 is 0. The monoisotopic (exact) mass is 383 g/mol. The van der Waals surface area contributed by atoms with Gasteiger partial charge in [-0.2, -0.15) is 8.78 Å². The Morgan fingerprint density at radius 2 is 2.04 bits per heavy atom. The van der Waals surface area contributed by atoms with Crippen LogP contribution in [0.2, 0.25) is 0 Å². The van der Waals surface area contributed by atoms with E-state index < -0.39 is 26.4 Å². The summed E-state index contributed by atoms with van der Waals surface area (Å²) in [6, 6.07) is 9.11. The van der Waals surface area contributed by atoms with E-state index in [-0.39, 0.29) is 18.3 Å². The molecule has 1 aliphatic heterocycles. The number of benzene rings is 1. The Balaban J connectivity index is 1.73. The number of nitrogens with one attached hydrogen (secondary N) is 2. The molecule has 0 spiro atoms. The molecule has 0 radical (unpaired) electrons. The van der Waals surface area contributed by atoms with E-state index in [9.17, 15) is 22.0 Å². The van der Waals surface area contributed by atoms with Crippen LogP contribution in [0.15, 0.2) is 47.5 Å². The number of likely N-dealkylation sites (tertiary alicyclic amines) is 1. The molecule has 1 aromatic heterocycles. The van der Waals surface area contributed by atoms with Gasteiger partial charge >= 0.3 is 5.76 Å². The highest BCUT2D eigenvalue weighted by Gasteiger charge is 2.31. The number of alkyl halides is 2. The zero-order valence-corrected chi connectivity index (χ0v) is 14.7. The molecule has 1 saturated heterocycles. The zero-order valence-electron chi connectivity index (χ0n) is 13.9. The van der Waals surface area contributed by atoms with Crippen LogP contribution in [0.25, 0.3) is 0 Å². The van der Waals surface area contributed by atoms with Gasteiger partial charge in [0.15, 0.2) is 0 Å². The van der Waals surface area contributed by atoms with E-state index in [0.29, 0.717) is 0 Å². The van der Waals surface area contributed by atoms with Gasteiger partial charge in [0.05, 0.1) is 23.2 Å². The molecule has 2 heterocycles. The minimum Gasteiger partial charge on any atom is -0.364 e. The van der Waals surface area contributed by atoms with Crippen LogP contribution in [0, 0.1) is 0 Å². The summed E-state index contributed by atoms with van der Waals surface area (Å²) in [6.45, 7) is 0.779. The number of anilines is 1. The predicted octanol–water partition coefficient (Wildman–Crippen LogP) is 2.79. The average molecular weight is 383 g/mol. The molecule has 1 aromatic carbocycles. The number of carbonyl (C=O) groups excluding carboxylic acids is 1. The molecule has 0 saturated carbocycles. The Bertz CT molecular complexity index is 869. The zero-order chi connectivity index (χ0) is 18.7. The molecule has 3 rings (SSSR count). The lowest BCUT2D eigenvalue weighted by atomic mass is 10.1. The normalized spacial score (nSPS) is 18.3. The second-order valence-corrected chi connectivity index (χ2v) is 7.99. The molecule has 26 heavy (non-hydrogen) atoms. The van der Waals surface area contributed by atoms with Gasteiger partial charge < -0.3 is 10.3 Å². The number of para-hydroxylation sites is 1. The van der Waals surface area contributed by atoms with Crippen molar-refractivity contribution < 1.29 is 22.0 Å². The highest BCUT2D eigenvalue weighted by atomic mass is 32.2. The quantitative estimate of drug-likeness (QED) is 0.804. The van der Waals surface area contributed by atoms with Crippen LogP contribution in [-0.4, -0.2) is 43.1 Å². The molecule has 1 fully saturated rings. The van der Waals surface area contributed by atoms with Gasteiger partial charge in [0, 0.05) is 11.9 Å². The molecule has 2 N–H and O–H groups in total. The van der Waals surface area contributed by atoms with Gasteiger partial charge in [-0.05, 0) is 43.7 Å². The largest absolute Gasteiger partial charge is 0.364 e. The number of amides is 1. The number of carbonyl (C=O) groups is 1. The van der Waals surface area contributed by atoms with Crippen LogP contribution in [0.1, 0.15) is 24.6 Å². The number of aromatic nitrogens is 1. The highest BCUT2D eigenvalue weighted by molar-refractivity contribution is 7.91. The summed E-state index contributed by atoms with van der Waals surface area (Å²) in [6.07, 6.45) is 3.66. The Labute approximate surface area is 150 Å². The van der Waals surface area contributed by atoms with Gasteiger partial charge in [-0.3, -0.25) is 9.69 Å². The highest BCUT2D eigenvalue weighted by Crippen LogP contribution is 2.31. The number of rotatable bonds is 6. The predicted molar refractivity (Wildman–Crippen MR) is 92.6 cm³/mol. The molecule has 1 atom stereocenters. The van der Waals surface area contributed by atoms with E-state index in [1.165, 1.54) is 18.2 Å². The fourth-order valence-electron chi connectivity index (χ4n) is 3.21. The summed E-state index contributed by atoms with van der Waals surface area (Å²) in [5.74, 6) is -3.99. The minimum absolute atomic E-state index is 0.0484. The van der Waals surface area contributed by atoms with Crippen molar-refractivity contribution >= 4 is 21.4 Å². The number of halogens is 2. The minimum atomic E-state index is -4.79. The van der Waals surface area contributed by atoms with Crippen molar-refractivity contribution in [2.45, 2.75) is 29.5 Å². The summed E-state index contributed by atoms with van der Waals surface area (Å²) in [5.41, 5.74) is 0.879. The number of H-pyrrole nitrogens is 1. The van der Waals surface area contributed by atoms with E-state index in [2.05, 4.69) is 10.3 Å². The SMILES string of the molecule is O=C(CN1CCCC1c1ccc[nH]1)Nc1ccccc1S(=O)(=O)C(F)F. The van der Waals surface area contributed by atoms with Gasteiger partial charge in [0.1, 0.15) is 0 Å². The molecule has 6 nitrogen and oxygen atoms in total. The first-order valence-electron chi connectivity index (χ1n) is 8.18. The summed E-state index contributed by atoms with van der Waals surface area (Å²) < 4.78 is 49.2. The summed E-state index contributed by atoms with van der Waals surface area (Å²) in [5, 5.41) is 2.46. The first-order valence-corrected chi connectivity index (χ1v) is 9.72. The Morgan fingerprint density at radius 3 is 2.73 bits per heavy atom. The van der Waals surface area contributed by atoms with Gasteiger partial charge in [0.25, 0.3) is 0 Å². The lowest BCUT2D eigenvalue weighted by Gasteiger charge is -2.23. The molecule has 0 bridgehead atoms. The van der Waals surface area contributed by atoms with Crippen molar-refractivity contribution in [3.63, 3.8) is 0 Å². The lowest BCUT2D eigenvalue weighted by molar-refractivity contribution is -0.117. The summed E-state index contributed by atoms with van der Waals surface area (Å²) in [7, 11) is -4.79. The van der Waals surface area contributed by atoms with Crippen molar-refractivity contribution in [1.29, 1.82) is 0 Å². The van der Waals surface area contributed by atoms with E-state index in [1.807, 2.05) is 23.2 Å². The molecule has 9 heteroatoms. The smallest absolute Gasteiger partial charge is 0.341 e. The van der Waals surface area contributed by atoms with E-state index >= 15 is 0 Å². The molecule has 0 aliphatic carbocycles. The van der Waals surface area contributed by atoms with Gasteiger partial charge in [-0.15, -0.1) is 0 Å². The van der Waals surface area contributed by atoms with E-state index in [0.717, 1.165) is 31.1 Å². The number of nitrogens with zero attached hydrogens (tertiary/aromatic N) is 1. The maximum absolute atomic E-state index is 12.8. The standard InChI is InChI=1S/C17H19F2N3O3S/c18-17(19)26(24,25)15-8-2-1-5-13(15)21-16(23)11-22-10-4-7-14(22)12-6-3-9-20-12/h1-3,5-6,8-9,14,17,20H,4,7,10-11H2,(H,21,23). The van der Waals surface area contributed by atoms with Crippen molar-refractivity contribution in [3.05, 3.63) is 48.3 Å². The third kappa shape index (κ3) is 3.78. The first kappa shape index (κ1) is 18.5. The van der Waals surface area contributed by atoms with E-state index in [4.69, 9.17) is 0 Å². The van der Waals surface area contributed by atoms with Crippen molar-refractivity contribution in [1.82, 2.24) is 9.88 Å². The fraction of sp³-hybridized carbons (Fsp3) is 0.353. The Hall–Kier alpha value is -2.26. The number of hydrogen-bond acceptors (Lipinski definition) is 4. The number of hydrogen-bond donors (Lipinski definition) is 2. The van der Waals surface area contributed by atoms with Crippen LogP contribution in [0.5, 0.6) is 0 Å². The maximum atomic E-state index is 12.8. The van der Waals surface area contributed by atoms with Crippen LogP contribution >= 0.6 is 0 Å². The topological polar surface area (TPSA) is 82.3 Å². The molecular weight excluding hydrogens is 364 g/mol. The van der Waals surface area contributed by atoms with Crippen LogP contribution in [0.3, 0.4) is 0 Å². The van der Waals surface area contributed by atoms with Gasteiger partial charge in [-0.25, -0.2) is 8.42 Å². The maximum Gasteiger partial charge on any atom is 0.341 e. The first-order chi connectivity index (χ1) is 12.4. The number of sulfone groups is 1. The molecule has 1 unspecified atom stereocenters. The second kappa shape index (κ2) is 7.55. The van der Waals surface area contributed by atoms with Crippen molar-refractivity contribution in [2.24, 2.45) is 0 Å². The second-order valence-electron chi connectivity index (χ2n) is 6.10. The van der Waals surface area contributed by atoms with Crippen LogP contribution in [-0.2, 0) is 14.6 Å². The summed E-state index contributed by atoms with van der Waals surface area (Å²) in [4.78, 5) is 16.9. The molecule has 1 aliphatic rings. The van der Waals surface area contributed by atoms with Gasteiger partial charge in [-0.1, -0.05) is 12.1 Å². The van der Waals surface area contributed by atoms with Crippen LogP contribution < -0.4 is 5.32 Å². The third-order valence-corrected chi connectivity index (χ3v) is 5.83. The lowest BCUT2D eigenvalue weighted by Crippen LogP contribution is -2.33. The number of aromatic amines is 1. The third-order valence-electron chi connectivity index (χ3n) is 4.39. The molecule has 1 amide bonds.